The Labute approximate surface area is 277 Å². The average Bonchev–Trinajstić information content (AvgIpc) is 3.57. The Bertz CT molecular complexity index is 1180. The van der Waals surface area contributed by atoms with Gasteiger partial charge in [0, 0.05) is 25.0 Å². The summed E-state index contributed by atoms with van der Waals surface area (Å²) in [6, 6.07) is 0. The van der Waals surface area contributed by atoms with Crippen molar-refractivity contribution in [3.05, 3.63) is 0 Å². The van der Waals surface area contributed by atoms with Crippen LogP contribution in [0.2, 0.25) is 0 Å². The van der Waals surface area contributed by atoms with E-state index in [4.69, 9.17) is 14.2 Å². The van der Waals surface area contributed by atoms with Crippen LogP contribution in [0.25, 0.3) is 0 Å². The normalized spacial score (nSPS) is 52.5. The van der Waals surface area contributed by atoms with Crippen molar-refractivity contribution in [1.82, 2.24) is 4.90 Å². The van der Waals surface area contributed by atoms with E-state index in [1.54, 1.807) is 13.8 Å². The Hall–Kier alpha value is -0.320. The molecule has 7 rings (SSSR count). The van der Waals surface area contributed by atoms with Crippen molar-refractivity contribution in [1.29, 1.82) is 0 Å². The summed E-state index contributed by atoms with van der Waals surface area (Å²) in [5.41, 5.74) is -1.68. The summed E-state index contributed by atoms with van der Waals surface area (Å²) in [6.45, 7) is 21.9. The monoisotopic (exact) mass is 647 g/mol. The summed E-state index contributed by atoms with van der Waals surface area (Å²) in [5, 5.41) is 44.5. The average molecular weight is 648 g/mol. The van der Waals surface area contributed by atoms with Crippen molar-refractivity contribution in [2.45, 2.75) is 162 Å². The minimum absolute atomic E-state index is 0.0244. The number of aliphatic hydroxyl groups is 4. The lowest BCUT2D eigenvalue weighted by molar-refractivity contribution is -0.250. The van der Waals surface area contributed by atoms with E-state index in [1.165, 1.54) is 25.7 Å². The van der Waals surface area contributed by atoms with Crippen LogP contribution in [0.15, 0.2) is 0 Å². The van der Waals surface area contributed by atoms with Crippen LogP contribution in [0.4, 0.5) is 0 Å². The van der Waals surface area contributed by atoms with Gasteiger partial charge in [-0.2, -0.15) is 0 Å². The molecule has 4 N–H and O–H groups in total. The summed E-state index contributed by atoms with van der Waals surface area (Å²) in [7, 11) is 0. The maximum Gasteiger partial charge on any atom is 0.170 e. The lowest BCUT2D eigenvalue weighted by Gasteiger charge is -2.64. The molecule has 7 fully saturated rings. The van der Waals surface area contributed by atoms with E-state index in [9.17, 15) is 20.4 Å². The largest absolute Gasteiger partial charge is 0.390 e. The van der Waals surface area contributed by atoms with Gasteiger partial charge in [0.25, 0.3) is 0 Å². The fourth-order valence-electron chi connectivity index (χ4n) is 13.8. The topological polar surface area (TPSA) is 112 Å². The van der Waals surface area contributed by atoms with Crippen LogP contribution in [-0.4, -0.2) is 99.6 Å². The van der Waals surface area contributed by atoms with E-state index in [2.05, 4.69) is 39.5 Å². The van der Waals surface area contributed by atoms with E-state index in [1.807, 2.05) is 13.8 Å². The van der Waals surface area contributed by atoms with Gasteiger partial charge < -0.3 is 34.6 Å². The molecule has 14 atom stereocenters. The maximum absolute atomic E-state index is 12.4. The van der Waals surface area contributed by atoms with Gasteiger partial charge in [-0.1, -0.05) is 34.6 Å². The third-order valence-electron chi connectivity index (χ3n) is 15.9. The lowest BCUT2D eigenvalue weighted by atomic mass is 9.41. The van der Waals surface area contributed by atoms with Crippen molar-refractivity contribution in [3.63, 3.8) is 0 Å². The molecule has 5 saturated carbocycles. The SMILES string of the molecule is C[C@@H]1C[C@H]([C@H](O)C(C)(C)O)O[C@H]2C1[C@@]1(C)CC[C@@]34C[C@@]35CC[C@H](OC3CN(CC(C)(C)O)CCO3)C(C)(C)[C@@H]5CC[C@H]4[C@]1(C)[C@H]2O. The first-order chi connectivity index (χ1) is 21.2. The molecule has 264 valence electrons. The van der Waals surface area contributed by atoms with Gasteiger partial charge in [-0.15, -0.1) is 0 Å². The van der Waals surface area contributed by atoms with Crippen LogP contribution in [0.1, 0.15) is 114 Å². The highest BCUT2D eigenvalue weighted by Crippen LogP contribution is 2.89. The van der Waals surface area contributed by atoms with Gasteiger partial charge in [-0.3, -0.25) is 4.90 Å². The van der Waals surface area contributed by atoms with Crippen molar-refractivity contribution in [2.24, 2.45) is 50.7 Å². The zero-order chi connectivity index (χ0) is 33.5. The highest BCUT2D eigenvalue weighted by atomic mass is 16.7. The molecule has 2 unspecified atom stereocenters. The summed E-state index contributed by atoms with van der Waals surface area (Å²) < 4.78 is 19.7. The zero-order valence-electron chi connectivity index (χ0n) is 30.2. The maximum atomic E-state index is 12.4. The third-order valence-corrected chi connectivity index (χ3v) is 15.9. The standard InChI is InChI=1S/C38H65NO7/c1-22-18-23(30(40)34(6,7)43)45-29-28(22)35(8)14-15-38-20-37(38)13-12-26(46-27-19-39(16-17-44-27)21-32(2,3)42)33(4,5)24(37)10-11-25(38)36(35,9)31(29)41/h22-31,40-43H,10-21H2,1-9H3/t22-,23-,24+,25+,26+,27?,28?,29+,30+,31+,35-,36-,37-,38+/m1/s1. The van der Waals surface area contributed by atoms with E-state index in [-0.39, 0.29) is 46.1 Å². The summed E-state index contributed by atoms with van der Waals surface area (Å²) in [6.07, 6.45) is 6.40. The van der Waals surface area contributed by atoms with Gasteiger partial charge in [0.2, 0.25) is 0 Å². The molecule has 5 aliphatic carbocycles. The molecule has 8 nitrogen and oxygen atoms in total. The van der Waals surface area contributed by atoms with Gasteiger partial charge in [0.1, 0.15) is 6.10 Å². The predicted molar refractivity (Wildman–Crippen MR) is 176 cm³/mol. The Balaban J connectivity index is 1.11. The van der Waals surface area contributed by atoms with E-state index < -0.39 is 29.5 Å². The number of aliphatic hydroxyl groups excluding tert-OH is 2. The van der Waals surface area contributed by atoms with Crippen molar-refractivity contribution >= 4 is 0 Å². The minimum atomic E-state index is -1.25. The van der Waals surface area contributed by atoms with E-state index in [0.717, 1.165) is 25.8 Å². The molecule has 2 saturated heterocycles. The summed E-state index contributed by atoms with van der Waals surface area (Å²) >= 11 is 0. The summed E-state index contributed by atoms with van der Waals surface area (Å²) in [4.78, 5) is 2.27. The second kappa shape index (κ2) is 10.6. The van der Waals surface area contributed by atoms with Crippen LogP contribution < -0.4 is 0 Å². The number of hydrogen-bond acceptors (Lipinski definition) is 8. The van der Waals surface area contributed by atoms with Gasteiger partial charge in [0.05, 0.1) is 42.2 Å². The first-order valence-electron chi connectivity index (χ1n) is 18.7. The molecule has 2 spiro atoms. The van der Waals surface area contributed by atoms with Crippen LogP contribution in [-0.2, 0) is 14.2 Å². The van der Waals surface area contributed by atoms with Crippen LogP contribution in [0, 0.1) is 50.7 Å². The molecule has 46 heavy (non-hydrogen) atoms. The highest BCUT2D eigenvalue weighted by Gasteiger charge is 2.84. The Morgan fingerprint density at radius 2 is 1.63 bits per heavy atom. The molecular weight excluding hydrogens is 582 g/mol. The van der Waals surface area contributed by atoms with Gasteiger partial charge in [-0.25, -0.2) is 0 Å². The minimum Gasteiger partial charge on any atom is -0.390 e. The Morgan fingerprint density at radius 1 is 0.957 bits per heavy atom. The molecule has 2 heterocycles. The molecule has 0 aromatic carbocycles. The van der Waals surface area contributed by atoms with Crippen molar-refractivity contribution < 1.29 is 34.6 Å². The highest BCUT2D eigenvalue weighted by molar-refractivity contribution is 5.33. The predicted octanol–water partition coefficient (Wildman–Crippen LogP) is 4.75. The second-order valence-electron chi connectivity index (χ2n) is 19.6. The zero-order valence-corrected chi connectivity index (χ0v) is 30.2. The fourth-order valence-corrected chi connectivity index (χ4v) is 13.8. The fraction of sp³-hybridized carbons (Fsp3) is 1.00. The molecular formula is C38H65NO7. The lowest BCUT2D eigenvalue weighted by Crippen LogP contribution is -2.60. The van der Waals surface area contributed by atoms with Crippen molar-refractivity contribution in [2.75, 3.05) is 26.2 Å². The number of hydrogen-bond donors (Lipinski definition) is 4. The molecule has 0 bridgehead atoms. The van der Waals surface area contributed by atoms with Gasteiger partial charge in [0.15, 0.2) is 6.29 Å². The number of morpholine rings is 1. The van der Waals surface area contributed by atoms with E-state index in [0.29, 0.717) is 49.3 Å². The van der Waals surface area contributed by atoms with Crippen molar-refractivity contribution in [3.8, 4) is 0 Å². The Kier molecular flexibility index (Phi) is 7.87. The van der Waals surface area contributed by atoms with Crippen LogP contribution in [0.3, 0.4) is 0 Å². The molecule has 0 aromatic heterocycles. The van der Waals surface area contributed by atoms with E-state index >= 15 is 0 Å². The summed E-state index contributed by atoms with van der Waals surface area (Å²) in [5.74, 6) is 1.58. The first-order valence-corrected chi connectivity index (χ1v) is 18.7. The smallest absolute Gasteiger partial charge is 0.170 e. The second-order valence-corrected chi connectivity index (χ2v) is 19.6. The molecule has 0 aromatic rings. The van der Waals surface area contributed by atoms with Crippen LogP contribution in [0.5, 0.6) is 0 Å². The van der Waals surface area contributed by atoms with Crippen LogP contribution >= 0.6 is 0 Å². The van der Waals surface area contributed by atoms with Gasteiger partial charge >= 0.3 is 0 Å². The number of nitrogens with zero attached hydrogens (tertiary/aromatic N) is 1. The number of ether oxygens (including phenoxy) is 3. The molecule has 0 radical (unpaired) electrons. The Morgan fingerprint density at radius 3 is 2.30 bits per heavy atom. The molecule has 7 aliphatic rings. The third kappa shape index (κ3) is 4.66. The number of rotatable bonds is 6. The first kappa shape index (κ1) is 34.1. The quantitative estimate of drug-likeness (QED) is 0.327. The number of fused-ring (bicyclic) bond motifs is 4. The molecule has 0 amide bonds. The number of β-amino-alcohol motifs (C(OH)–C–C–N with tert-alkyl or cyclic N) is 1. The van der Waals surface area contributed by atoms with Gasteiger partial charge in [-0.05, 0) is 124 Å². The molecule has 8 heteroatoms. The molecule has 2 aliphatic heterocycles.